The second-order valence-electron chi connectivity index (χ2n) is 3.74. The Morgan fingerprint density at radius 2 is 2.00 bits per heavy atom. The number of nitrogens with two attached hydrogens (primary N) is 1. The first-order valence-corrected chi connectivity index (χ1v) is 8.10. The van der Waals surface area contributed by atoms with Crippen molar-refractivity contribution in [1.29, 1.82) is 0 Å². The maximum Gasteiger partial charge on any atom is 0.241 e. The van der Waals surface area contributed by atoms with Crippen molar-refractivity contribution >= 4 is 54.3 Å². The van der Waals surface area contributed by atoms with Gasteiger partial charge < -0.3 is 5.73 Å². The fourth-order valence-corrected chi connectivity index (χ4v) is 3.73. The van der Waals surface area contributed by atoms with Crippen LogP contribution in [-0.2, 0) is 10.0 Å². The summed E-state index contributed by atoms with van der Waals surface area (Å²) in [6.07, 6.45) is 0.602. The minimum Gasteiger partial charge on any atom is -0.328 e. The van der Waals surface area contributed by atoms with Crippen molar-refractivity contribution < 1.29 is 8.42 Å². The lowest BCUT2D eigenvalue weighted by Crippen LogP contribution is -2.29. The first kappa shape index (κ1) is 18.3. The zero-order chi connectivity index (χ0) is 13.1. The van der Waals surface area contributed by atoms with E-state index in [1.54, 1.807) is 18.2 Å². The maximum atomic E-state index is 12.0. The largest absolute Gasteiger partial charge is 0.328 e. The van der Waals surface area contributed by atoms with Gasteiger partial charge in [0.25, 0.3) is 0 Å². The molecule has 0 spiro atoms. The molecule has 0 amide bonds. The van der Waals surface area contributed by atoms with E-state index < -0.39 is 10.0 Å². The van der Waals surface area contributed by atoms with Gasteiger partial charge in [0.1, 0.15) is 0 Å². The van der Waals surface area contributed by atoms with Crippen LogP contribution < -0.4 is 10.5 Å². The molecule has 1 unspecified atom stereocenters. The lowest BCUT2D eigenvalue weighted by molar-refractivity contribution is 0.571. The van der Waals surface area contributed by atoms with Crippen LogP contribution in [0.2, 0.25) is 0 Å². The minimum atomic E-state index is -3.49. The average Bonchev–Trinajstić information content (AvgIpc) is 2.20. The average molecular weight is 423 g/mol. The Labute approximate surface area is 130 Å². The van der Waals surface area contributed by atoms with Crippen molar-refractivity contribution in [3.05, 3.63) is 27.1 Å². The fourth-order valence-electron chi connectivity index (χ4n) is 1.18. The third kappa shape index (κ3) is 5.54. The van der Waals surface area contributed by atoms with Crippen molar-refractivity contribution in [1.82, 2.24) is 4.72 Å². The van der Waals surface area contributed by atoms with Gasteiger partial charge >= 0.3 is 0 Å². The third-order valence-electron chi connectivity index (χ3n) is 2.07. The number of hydrogen-bond donors (Lipinski definition) is 2. The lowest BCUT2D eigenvalue weighted by atomic mass is 10.3. The van der Waals surface area contributed by atoms with Crippen LogP contribution in [0.4, 0.5) is 0 Å². The highest BCUT2D eigenvalue weighted by atomic mass is 79.9. The van der Waals surface area contributed by atoms with Crippen LogP contribution in [0, 0.1) is 0 Å². The summed E-state index contributed by atoms with van der Waals surface area (Å²) >= 11 is 6.47. The molecule has 104 valence electrons. The van der Waals surface area contributed by atoms with Gasteiger partial charge in [0.05, 0.1) is 4.90 Å². The molecule has 3 N–H and O–H groups in total. The van der Waals surface area contributed by atoms with E-state index in [1.807, 2.05) is 6.92 Å². The van der Waals surface area contributed by atoms with Gasteiger partial charge in [-0.25, -0.2) is 13.1 Å². The molecule has 1 aromatic rings. The molecular weight excluding hydrogens is 407 g/mol. The number of nitrogens with one attached hydrogen (secondary N) is 1. The Hall–Kier alpha value is 0.340. The van der Waals surface area contributed by atoms with Crippen LogP contribution >= 0.6 is 44.3 Å². The van der Waals surface area contributed by atoms with E-state index in [1.165, 1.54) is 0 Å². The summed E-state index contributed by atoms with van der Waals surface area (Å²) in [6, 6.07) is 4.98. The van der Waals surface area contributed by atoms with E-state index in [2.05, 4.69) is 36.6 Å². The summed E-state index contributed by atoms with van der Waals surface area (Å²) < 4.78 is 27.7. The van der Waals surface area contributed by atoms with Gasteiger partial charge in [-0.3, -0.25) is 0 Å². The first-order chi connectivity index (χ1) is 7.83. The Bertz CT molecular complexity index is 495. The highest BCUT2D eigenvalue weighted by Gasteiger charge is 2.17. The van der Waals surface area contributed by atoms with Gasteiger partial charge in [0.15, 0.2) is 0 Å². The highest BCUT2D eigenvalue weighted by Crippen LogP contribution is 2.25. The smallest absolute Gasteiger partial charge is 0.241 e. The summed E-state index contributed by atoms with van der Waals surface area (Å²) in [5.41, 5.74) is 5.56. The Morgan fingerprint density at radius 1 is 1.39 bits per heavy atom. The van der Waals surface area contributed by atoms with Crippen molar-refractivity contribution in [2.45, 2.75) is 24.3 Å². The van der Waals surface area contributed by atoms with Crippen LogP contribution in [0.5, 0.6) is 0 Å². The molecule has 0 saturated heterocycles. The van der Waals surface area contributed by atoms with Gasteiger partial charge in [0.2, 0.25) is 10.0 Å². The quantitative estimate of drug-likeness (QED) is 0.766. The third-order valence-corrected chi connectivity index (χ3v) is 5.02. The van der Waals surface area contributed by atoms with Crippen LogP contribution in [0.1, 0.15) is 13.3 Å². The van der Waals surface area contributed by atoms with Gasteiger partial charge in [0, 0.05) is 21.5 Å². The molecule has 0 aliphatic rings. The lowest BCUT2D eigenvalue weighted by Gasteiger charge is -2.10. The van der Waals surface area contributed by atoms with E-state index in [4.69, 9.17) is 5.73 Å². The normalized spacial score (nSPS) is 12.9. The number of sulfonamides is 1. The van der Waals surface area contributed by atoms with Crippen LogP contribution in [-0.4, -0.2) is 21.0 Å². The minimum absolute atomic E-state index is 0. The molecule has 0 radical (unpaired) electrons. The molecular formula is C10H15Br2ClN2O2S. The molecule has 1 rings (SSSR count). The zero-order valence-corrected chi connectivity index (χ0v) is 14.5. The molecule has 0 aliphatic carbocycles. The van der Waals surface area contributed by atoms with Crippen LogP contribution in [0.3, 0.4) is 0 Å². The zero-order valence-electron chi connectivity index (χ0n) is 9.69. The first-order valence-electron chi connectivity index (χ1n) is 5.03. The SMILES string of the molecule is CC(N)CCNS(=O)(=O)c1cc(Br)ccc1Br.Cl. The van der Waals surface area contributed by atoms with Crippen molar-refractivity contribution in [2.75, 3.05) is 6.54 Å². The van der Waals surface area contributed by atoms with E-state index >= 15 is 0 Å². The monoisotopic (exact) mass is 420 g/mol. The van der Waals surface area contributed by atoms with Crippen LogP contribution in [0.25, 0.3) is 0 Å². The van der Waals surface area contributed by atoms with Gasteiger partial charge in [-0.1, -0.05) is 15.9 Å². The fraction of sp³-hybridized carbons (Fsp3) is 0.400. The van der Waals surface area contributed by atoms with Crippen molar-refractivity contribution in [3.63, 3.8) is 0 Å². The van der Waals surface area contributed by atoms with Crippen LogP contribution in [0.15, 0.2) is 32.0 Å². The molecule has 0 fully saturated rings. The molecule has 18 heavy (non-hydrogen) atoms. The predicted octanol–water partition coefficient (Wildman–Crippen LogP) is 2.65. The second-order valence-corrected chi connectivity index (χ2v) is 7.24. The summed E-state index contributed by atoms with van der Waals surface area (Å²) in [5, 5.41) is 0. The van der Waals surface area contributed by atoms with E-state index in [0.717, 1.165) is 0 Å². The Morgan fingerprint density at radius 3 is 2.56 bits per heavy atom. The second kappa shape index (κ2) is 7.81. The molecule has 0 aliphatic heterocycles. The highest BCUT2D eigenvalue weighted by molar-refractivity contribution is 9.11. The van der Waals surface area contributed by atoms with E-state index in [9.17, 15) is 8.42 Å². The predicted molar refractivity (Wildman–Crippen MR) is 82.5 cm³/mol. The standard InChI is InChI=1S/C10H14Br2N2O2S.ClH/c1-7(13)4-5-14-17(15,16)10-6-8(11)2-3-9(10)12;/h2-3,6-7,14H,4-5,13H2,1H3;1H. The summed E-state index contributed by atoms with van der Waals surface area (Å²) in [7, 11) is -3.49. The Kier molecular flexibility index (Phi) is 7.96. The number of hydrogen-bond acceptors (Lipinski definition) is 3. The Balaban J connectivity index is 0.00000289. The number of halogens is 3. The summed E-state index contributed by atoms with van der Waals surface area (Å²) in [6.45, 7) is 2.17. The maximum absolute atomic E-state index is 12.0. The van der Waals surface area contributed by atoms with Gasteiger partial charge in [-0.2, -0.15) is 0 Å². The molecule has 8 heteroatoms. The summed E-state index contributed by atoms with van der Waals surface area (Å²) in [4.78, 5) is 0.219. The van der Waals surface area contributed by atoms with E-state index in [-0.39, 0.29) is 23.3 Å². The number of rotatable bonds is 5. The molecule has 0 saturated carbocycles. The number of benzene rings is 1. The van der Waals surface area contributed by atoms with Gasteiger partial charge in [-0.05, 0) is 47.5 Å². The molecule has 0 aromatic heterocycles. The summed E-state index contributed by atoms with van der Waals surface area (Å²) in [5.74, 6) is 0. The molecule has 1 atom stereocenters. The molecule has 1 aromatic carbocycles. The van der Waals surface area contributed by atoms with Crippen molar-refractivity contribution in [3.8, 4) is 0 Å². The van der Waals surface area contributed by atoms with Crippen molar-refractivity contribution in [2.24, 2.45) is 5.73 Å². The topological polar surface area (TPSA) is 72.2 Å². The molecule has 0 heterocycles. The van der Waals surface area contributed by atoms with Gasteiger partial charge in [-0.15, -0.1) is 12.4 Å². The van der Waals surface area contributed by atoms with E-state index in [0.29, 0.717) is 21.9 Å². The molecule has 4 nitrogen and oxygen atoms in total. The molecule has 0 bridgehead atoms.